The van der Waals surface area contributed by atoms with Crippen molar-refractivity contribution in [1.29, 1.82) is 0 Å². The van der Waals surface area contributed by atoms with Crippen LogP contribution in [0.5, 0.6) is 0 Å². The van der Waals surface area contributed by atoms with Crippen LogP contribution in [-0.2, 0) is 32.7 Å². The van der Waals surface area contributed by atoms with Crippen LogP contribution >= 0.6 is 7.82 Å². The van der Waals surface area contributed by atoms with Gasteiger partial charge in [-0.2, -0.15) is 0 Å². The van der Waals surface area contributed by atoms with Crippen molar-refractivity contribution in [3.63, 3.8) is 0 Å². The second kappa shape index (κ2) is 50.6. The second-order valence-corrected chi connectivity index (χ2v) is 21.8. The lowest BCUT2D eigenvalue weighted by molar-refractivity contribution is -0.870. The predicted octanol–water partition coefficient (Wildman–Crippen LogP) is 17.5. The van der Waals surface area contributed by atoms with E-state index in [1.165, 1.54) is 141 Å². The number of rotatable bonds is 52. The number of ether oxygens (including phenoxy) is 2. The summed E-state index contributed by atoms with van der Waals surface area (Å²) >= 11 is 0. The highest BCUT2D eigenvalue weighted by molar-refractivity contribution is 7.47. The van der Waals surface area contributed by atoms with Gasteiger partial charge in [0.25, 0.3) is 0 Å². The molecular formula is C59H109NO8P+. The summed E-state index contributed by atoms with van der Waals surface area (Å²) in [5, 5.41) is 0. The molecule has 0 aromatic heterocycles. The molecule has 10 heteroatoms. The smallest absolute Gasteiger partial charge is 0.462 e. The molecule has 0 heterocycles. The minimum atomic E-state index is -4.39. The molecule has 0 amide bonds. The van der Waals surface area contributed by atoms with Crippen molar-refractivity contribution in [2.75, 3.05) is 47.5 Å². The Bertz CT molecular complexity index is 1350. The van der Waals surface area contributed by atoms with E-state index in [1.807, 2.05) is 21.1 Å². The second-order valence-electron chi connectivity index (χ2n) is 20.3. The summed E-state index contributed by atoms with van der Waals surface area (Å²) in [5.74, 6) is -0.810. The molecule has 0 radical (unpaired) electrons. The number of carbonyl (C=O) groups is 2. The van der Waals surface area contributed by atoms with Crippen LogP contribution in [0.15, 0.2) is 60.8 Å². The molecule has 0 fully saturated rings. The van der Waals surface area contributed by atoms with Gasteiger partial charge in [0.2, 0.25) is 0 Å². The van der Waals surface area contributed by atoms with Gasteiger partial charge in [0.1, 0.15) is 19.8 Å². The highest BCUT2D eigenvalue weighted by Crippen LogP contribution is 2.43. The Kier molecular flexibility index (Phi) is 49.0. The van der Waals surface area contributed by atoms with Crippen LogP contribution in [-0.4, -0.2) is 74.9 Å². The van der Waals surface area contributed by atoms with Gasteiger partial charge >= 0.3 is 19.8 Å². The summed E-state index contributed by atoms with van der Waals surface area (Å²) in [6, 6.07) is 0. The van der Waals surface area contributed by atoms with Crippen LogP contribution < -0.4 is 0 Å². The quantitative estimate of drug-likeness (QED) is 0.0211. The third kappa shape index (κ3) is 54.9. The maximum atomic E-state index is 12.8. The lowest BCUT2D eigenvalue weighted by Crippen LogP contribution is -2.37. The fourth-order valence-corrected chi connectivity index (χ4v) is 8.55. The molecule has 9 nitrogen and oxygen atoms in total. The van der Waals surface area contributed by atoms with Gasteiger partial charge in [-0.25, -0.2) is 4.57 Å². The van der Waals surface area contributed by atoms with Crippen molar-refractivity contribution >= 4 is 19.8 Å². The molecule has 0 aliphatic carbocycles. The molecule has 1 N–H and O–H groups in total. The molecular weight excluding hydrogens is 882 g/mol. The van der Waals surface area contributed by atoms with Gasteiger partial charge in [0.15, 0.2) is 6.10 Å². The Hall–Kier alpha value is -2.29. The first-order valence-corrected chi connectivity index (χ1v) is 30.0. The minimum Gasteiger partial charge on any atom is -0.462 e. The van der Waals surface area contributed by atoms with Gasteiger partial charge in [-0.15, -0.1) is 0 Å². The molecule has 0 rings (SSSR count). The third-order valence-corrected chi connectivity index (χ3v) is 13.3. The van der Waals surface area contributed by atoms with Crippen molar-refractivity contribution in [2.45, 2.75) is 258 Å². The van der Waals surface area contributed by atoms with E-state index >= 15 is 0 Å². The van der Waals surface area contributed by atoms with E-state index in [-0.39, 0.29) is 32.0 Å². The van der Waals surface area contributed by atoms with Gasteiger partial charge in [-0.05, 0) is 77.0 Å². The summed E-state index contributed by atoms with van der Waals surface area (Å²) in [6.07, 6.45) is 64.4. The largest absolute Gasteiger partial charge is 0.472 e. The number of unbranched alkanes of at least 4 members (excludes halogenated alkanes) is 28. The molecule has 0 saturated heterocycles. The molecule has 2 atom stereocenters. The topological polar surface area (TPSA) is 108 Å². The van der Waals surface area contributed by atoms with Crippen LogP contribution in [0.2, 0.25) is 0 Å². The van der Waals surface area contributed by atoms with E-state index in [1.54, 1.807) is 0 Å². The van der Waals surface area contributed by atoms with Crippen molar-refractivity contribution < 1.29 is 42.1 Å². The maximum absolute atomic E-state index is 12.8. The molecule has 0 bridgehead atoms. The number of phosphoric ester groups is 1. The zero-order valence-corrected chi connectivity index (χ0v) is 46.4. The normalized spacial score (nSPS) is 13.8. The number of esters is 2. The van der Waals surface area contributed by atoms with Gasteiger partial charge in [-0.1, -0.05) is 222 Å². The molecule has 2 unspecified atom stereocenters. The monoisotopic (exact) mass is 991 g/mol. The van der Waals surface area contributed by atoms with Gasteiger partial charge in [0, 0.05) is 12.8 Å². The summed E-state index contributed by atoms with van der Waals surface area (Å²) in [7, 11) is 1.47. The van der Waals surface area contributed by atoms with Crippen LogP contribution in [0.4, 0.5) is 0 Å². The molecule has 402 valence electrons. The van der Waals surface area contributed by atoms with Gasteiger partial charge < -0.3 is 18.9 Å². The Balaban J connectivity index is 4.08. The molecule has 69 heavy (non-hydrogen) atoms. The lowest BCUT2D eigenvalue weighted by Gasteiger charge is -2.24. The van der Waals surface area contributed by atoms with E-state index in [0.717, 1.165) is 77.0 Å². The van der Waals surface area contributed by atoms with Crippen LogP contribution in [0.25, 0.3) is 0 Å². The zero-order chi connectivity index (χ0) is 50.6. The molecule has 0 aromatic rings. The van der Waals surface area contributed by atoms with E-state index in [4.69, 9.17) is 18.5 Å². The van der Waals surface area contributed by atoms with Crippen molar-refractivity contribution in [1.82, 2.24) is 0 Å². The molecule has 0 aliphatic heterocycles. The summed E-state index contributed by atoms with van der Waals surface area (Å²) in [4.78, 5) is 35.6. The molecule has 0 aliphatic rings. The molecule has 0 aromatic carbocycles. The first-order valence-electron chi connectivity index (χ1n) is 28.5. The number of nitrogens with zero attached hydrogens (tertiary/aromatic N) is 1. The summed E-state index contributed by atoms with van der Waals surface area (Å²) in [6.45, 7) is 4.38. The number of hydrogen-bond donors (Lipinski definition) is 1. The Morgan fingerprint density at radius 3 is 1.20 bits per heavy atom. The lowest BCUT2D eigenvalue weighted by atomic mass is 10.0. The Morgan fingerprint density at radius 2 is 0.797 bits per heavy atom. The van der Waals surface area contributed by atoms with Gasteiger partial charge in [-0.3, -0.25) is 18.6 Å². The average molecular weight is 991 g/mol. The predicted molar refractivity (Wildman–Crippen MR) is 293 cm³/mol. The maximum Gasteiger partial charge on any atom is 0.472 e. The first-order chi connectivity index (χ1) is 33.5. The van der Waals surface area contributed by atoms with Gasteiger partial charge in [0.05, 0.1) is 27.7 Å². The van der Waals surface area contributed by atoms with Crippen molar-refractivity contribution in [3.8, 4) is 0 Å². The standard InChI is InChI=1S/C59H108NO8P/c1-6-8-10-12-14-16-18-20-22-23-24-25-26-27-28-29-30-31-32-33-34-35-36-37-38-40-42-44-46-48-50-52-59(62)68-57(56-67-69(63,64)66-54-53-60(3,4)5)55-65-58(61)51-49-47-45-43-41-39-21-19-17-15-13-11-9-7-2/h13,15,18-21,23-24,26-27,57H,6-12,14,16-17,22,25,28-56H2,1-5H3/p+1/b15-13-,20-18-,21-19-,24-23-,27-26-. The summed E-state index contributed by atoms with van der Waals surface area (Å²) < 4.78 is 34.5. The molecule has 0 spiro atoms. The molecule has 0 saturated carbocycles. The van der Waals surface area contributed by atoms with Crippen LogP contribution in [0.3, 0.4) is 0 Å². The highest BCUT2D eigenvalue weighted by Gasteiger charge is 2.27. The number of quaternary nitrogens is 1. The number of hydrogen-bond acceptors (Lipinski definition) is 7. The van der Waals surface area contributed by atoms with Crippen LogP contribution in [0.1, 0.15) is 251 Å². The summed E-state index contributed by atoms with van der Waals surface area (Å²) in [5.41, 5.74) is 0. The number of allylic oxidation sites excluding steroid dienone is 10. The third-order valence-electron chi connectivity index (χ3n) is 12.3. The number of likely N-dealkylation sites (N-methyl/N-ethyl adjacent to an activating group) is 1. The Labute approximate surface area is 426 Å². The fourth-order valence-electron chi connectivity index (χ4n) is 7.80. The fraction of sp³-hybridized carbons (Fsp3) is 0.797. The number of phosphoric acid groups is 1. The van der Waals surface area contributed by atoms with Crippen molar-refractivity contribution in [2.24, 2.45) is 0 Å². The van der Waals surface area contributed by atoms with Crippen LogP contribution in [0, 0.1) is 0 Å². The zero-order valence-electron chi connectivity index (χ0n) is 45.5. The first kappa shape index (κ1) is 66.7. The van der Waals surface area contributed by atoms with E-state index in [2.05, 4.69) is 74.6 Å². The SMILES string of the molecule is CCCC/C=C\C/C=C\CCCCCCCC(=O)OCC(COP(=O)(O)OCC[N+](C)(C)C)OC(=O)CCCCCCCCCCCCCCCCCC/C=C\C/C=C\C/C=C\CCCCCCC. The van der Waals surface area contributed by atoms with E-state index in [9.17, 15) is 19.0 Å². The number of carbonyl (C=O) groups excluding carboxylic acids is 2. The highest BCUT2D eigenvalue weighted by atomic mass is 31.2. The minimum absolute atomic E-state index is 0.0284. The van der Waals surface area contributed by atoms with E-state index in [0.29, 0.717) is 17.4 Å². The average Bonchev–Trinajstić information content (AvgIpc) is 3.31. The van der Waals surface area contributed by atoms with Crippen molar-refractivity contribution in [3.05, 3.63) is 60.8 Å². The Morgan fingerprint density at radius 1 is 0.449 bits per heavy atom. The van der Waals surface area contributed by atoms with E-state index < -0.39 is 26.5 Å².